The Hall–Kier alpha value is -2.21. The Kier molecular flexibility index (Phi) is 4.70. The normalized spacial score (nSPS) is 11.1. The predicted molar refractivity (Wildman–Crippen MR) is 78.9 cm³/mol. The predicted octanol–water partition coefficient (Wildman–Crippen LogP) is 2.02. The fraction of sp³-hybridized carbons (Fsp3) is 0.200. The molecule has 0 saturated heterocycles. The average molecular weight is 305 g/mol. The van der Waals surface area contributed by atoms with E-state index >= 15 is 0 Å². The lowest BCUT2D eigenvalue weighted by Gasteiger charge is -2.11. The molecule has 2 aromatic rings. The molecule has 0 unspecified atom stereocenters. The number of hydrogen-bond acceptors (Lipinski definition) is 5. The Balaban J connectivity index is 2.23. The van der Waals surface area contributed by atoms with Crippen molar-refractivity contribution in [3.05, 3.63) is 59.4 Å². The van der Waals surface area contributed by atoms with Crippen molar-refractivity contribution in [3.8, 4) is 5.75 Å². The van der Waals surface area contributed by atoms with Crippen molar-refractivity contribution < 1.29 is 17.9 Å². The van der Waals surface area contributed by atoms with Gasteiger partial charge < -0.3 is 4.74 Å². The number of carbonyl (C=O) groups excluding carboxylic acids is 1. The van der Waals surface area contributed by atoms with Gasteiger partial charge >= 0.3 is 0 Å². The first-order chi connectivity index (χ1) is 9.98. The van der Waals surface area contributed by atoms with E-state index in [-0.39, 0.29) is 17.1 Å². The number of hydrogen-bond donors (Lipinski definition) is 0. The van der Waals surface area contributed by atoms with Crippen LogP contribution in [-0.2, 0) is 22.2 Å². The summed E-state index contributed by atoms with van der Waals surface area (Å²) in [5.41, 5.74) is 1.39. The first kappa shape index (κ1) is 15.2. The van der Waals surface area contributed by atoms with Gasteiger partial charge in [-0.05, 0) is 17.7 Å². The van der Waals surface area contributed by atoms with Crippen molar-refractivity contribution in [1.29, 1.82) is 0 Å². The number of aldehydes is 1. The molecule has 5 nitrogen and oxygen atoms in total. The Morgan fingerprint density at radius 3 is 2.48 bits per heavy atom. The number of carbonyl (C=O) groups is 1. The summed E-state index contributed by atoms with van der Waals surface area (Å²) in [6, 6.07) is 12.6. The summed E-state index contributed by atoms with van der Waals surface area (Å²) in [4.78, 5) is 14.8. The molecule has 0 aliphatic rings. The lowest BCUT2D eigenvalue weighted by molar-refractivity contribution is 0.111. The highest BCUT2D eigenvalue weighted by Gasteiger charge is 2.13. The van der Waals surface area contributed by atoms with Crippen molar-refractivity contribution in [3.63, 3.8) is 0 Å². The van der Waals surface area contributed by atoms with E-state index in [1.165, 1.54) is 6.07 Å². The van der Waals surface area contributed by atoms with Gasteiger partial charge in [-0.3, -0.25) is 4.79 Å². The summed E-state index contributed by atoms with van der Waals surface area (Å²) < 4.78 is 28.5. The molecule has 0 atom stereocenters. The summed E-state index contributed by atoms with van der Waals surface area (Å²) >= 11 is 0. The van der Waals surface area contributed by atoms with Crippen LogP contribution in [0.25, 0.3) is 0 Å². The van der Waals surface area contributed by atoms with Crippen LogP contribution in [0.1, 0.15) is 21.7 Å². The Bertz CT molecular complexity index is 727. The van der Waals surface area contributed by atoms with E-state index in [0.717, 1.165) is 11.8 Å². The lowest BCUT2D eigenvalue weighted by atomic mass is 10.2. The zero-order valence-corrected chi connectivity index (χ0v) is 12.3. The molecule has 0 amide bonds. The SMILES string of the molecule is CS(=O)(=O)Cc1nc(C=O)ccc1OCc1ccccc1. The smallest absolute Gasteiger partial charge is 0.168 e. The molecule has 2 rings (SSSR count). The maximum absolute atomic E-state index is 11.4. The van der Waals surface area contributed by atoms with E-state index < -0.39 is 9.84 Å². The van der Waals surface area contributed by atoms with Crippen LogP contribution in [0, 0.1) is 0 Å². The van der Waals surface area contributed by atoms with E-state index in [0.29, 0.717) is 18.6 Å². The fourth-order valence-corrected chi connectivity index (χ4v) is 2.49. The standard InChI is InChI=1S/C15H15NO4S/c1-21(18,19)11-14-15(8-7-13(9-17)16-14)20-10-12-5-3-2-4-6-12/h2-9H,10-11H2,1H3. The highest BCUT2D eigenvalue weighted by atomic mass is 32.2. The van der Waals surface area contributed by atoms with Gasteiger partial charge in [0.25, 0.3) is 0 Å². The van der Waals surface area contributed by atoms with Gasteiger partial charge in [0, 0.05) is 6.26 Å². The minimum atomic E-state index is -3.27. The van der Waals surface area contributed by atoms with E-state index in [9.17, 15) is 13.2 Å². The average Bonchev–Trinajstić information content (AvgIpc) is 2.45. The van der Waals surface area contributed by atoms with Crippen LogP contribution < -0.4 is 4.74 Å². The van der Waals surface area contributed by atoms with Crippen molar-refractivity contribution in [2.75, 3.05) is 6.26 Å². The van der Waals surface area contributed by atoms with Crippen molar-refractivity contribution in [2.45, 2.75) is 12.4 Å². The second kappa shape index (κ2) is 6.49. The van der Waals surface area contributed by atoms with Gasteiger partial charge in [0.1, 0.15) is 18.1 Å². The molecule has 6 heteroatoms. The van der Waals surface area contributed by atoms with Gasteiger partial charge in [0.15, 0.2) is 16.1 Å². The second-order valence-corrected chi connectivity index (χ2v) is 6.78. The fourth-order valence-electron chi connectivity index (χ4n) is 1.79. The molecule has 1 aromatic heterocycles. The van der Waals surface area contributed by atoms with Crippen LogP contribution in [0.5, 0.6) is 5.75 Å². The minimum absolute atomic E-state index is 0.181. The van der Waals surface area contributed by atoms with Crippen molar-refractivity contribution in [2.24, 2.45) is 0 Å². The van der Waals surface area contributed by atoms with E-state index in [1.54, 1.807) is 6.07 Å². The Morgan fingerprint density at radius 2 is 1.86 bits per heavy atom. The van der Waals surface area contributed by atoms with Gasteiger partial charge in [-0.25, -0.2) is 13.4 Å². The summed E-state index contributed by atoms with van der Waals surface area (Å²) in [6.45, 7) is 0.305. The topological polar surface area (TPSA) is 73.3 Å². The molecular weight excluding hydrogens is 290 g/mol. The first-order valence-electron chi connectivity index (χ1n) is 6.27. The van der Waals surface area contributed by atoms with Crippen molar-refractivity contribution in [1.82, 2.24) is 4.98 Å². The summed E-state index contributed by atoms with van der Waals surface area (Å²) in [6.07, 6.45) is 1.69. The van der Waals surface area contributed by atoms with Crippen LogP contribution in [0.15, 0.2) is 42.5 Å². The molecule has 0 N–H and O–H groups in total. The first-order valence-corrected chi connectivity index (χ1v) is 8.33. The number of ether oxygens (including phenoxy) is 1. The molecule has 1 heterocycles. The third-order valence-electron chi connectivity index (χ3n) is 2.71. The molecule has 21 heavy (non-hydrogen) atoms. The van der Waals surface area contributed by atoms with Gasteiger partial charge in [0.2, 0.25) is 0 Å². The zero-order chi connectivity index (χ0) is 15.3. The number of sulfone groups is 1. The number of nitrogens with zero attached hydrogens (tertiary/aromatic N) is 1. The van der Waals surface area contributed by atoms with Crippen LogP contribution >= 0.6 is 0 Å². The largest absolute Gasteiger partial charge is 0.487 e. The number of pyridine rings is 1. The summed E-state index contributed by atoms with van der Waals surface area (Å²) in [7, 11) is -3.27. The van der Waals surface area contributed by atoms with Crippen LogP contribution in [0.4, 0.5) is 0 Å². The molecule has 110 valence electrons. The van der Waals surface area contributed by atoms with E-state index in [2.05, 4.69) is 4.98 Å². The molecular formula is C15H15NO4S. The highest BCUT2D eigenvalue weighted by Crippen LogP contribution is 2.20. The maximum Gasteiger partial charge on any atom is 0.168 e. The highest BCUT2D eigenvalue weighted by molar-refractivity contribution is 7.89. The van der Waals surface area contributed by atoms with Crippen LogP contribution in [0.3, 0.4) is 0 Å². The quantitative estimate of drug-likeness (QED) is 0.763. The second-order valence-electron chi connectivity index (χ2n) is 4.64. The molecule has 0 bridgehead atoms. The van der Waals surface area contributed by atoms with E-state index in [4.69, 9.17) is 4.74 Å². The third kappa shape index (κ3) is 4.68. The van der Waals surface area contributed by atoms with Gasteiger partial charge in [-0.15, -0.1) is 0 Å². The number of rotatable bonds is 6. The molecule has 0 fully saturated rings. The zero-order valence-electron chi connectivity index (χ0n) is 11.5. The van der Waals surface area contributed by atoms with Crippen molar-refractivity contribution >= 4 is 16.1 Å². The summed E-state index contributed by atoms with van der Waals surface area (Å²) in [5.74, 6) is 0.105. The molecule has 0 spiro atoms. The van der Waals surface area contributed by atoms with Gasteiger partial charge in [0.05, 0.1) is 11.4 Å². The van der Waals surface area contributed by atoms with Gasteiger partial charge in [-0.1, -0.05) is 30.3 Å². The van der Waals surface area contributed by atoms with E-state index in [1.807, 2.05) is 30.3 Å². The molecule has 0 saturated carbocycles. The van der Waals surface area contributed by atoms with Crippen LogP contribution in [-0.4, -0.2) is 25.9 Å². The molecule has 0 aliphatic heterocycles. The van der Waals surface area contributed by atoms with Crippen LogP contribution in [0.2, 0.25) is 0 Å². The molecule has 0 radical (unpaired) electrons. The number of aromatic nitrogens is 1. The van der Waals surface area contributed by atoms with Gasteiger partial charge in [-0.2, -0.15) is 0 Å². The summed E-state index contributed by atoms with van der Waals surface area (Å²) in [5, 5.41) is 0. The molecule has 0 aliphatic carbocycles. The Labute approximate surface area is 123 Å². The number of benzene rings is 1. The monoisotopic (exact) mass is 305 g/mol. The minimum Gasteiger partial charge on any atom is -0.487 e. The lowest BCUT2D eigenvalue weighted by Crippen LogP contribution is -2.08. The third-order valence-corrected chi connectivity index (χ3v) is 3.51. The Morgan fingerprint density at radius 1 is 1.14 bits per heavy atom. The molecule has 1 aromatic carbocycles. The maximum atomic E-state index is 11.4.